The summed E-state index contributed by atoms with van der Waals surface area (Å²) in [5.41, 5.74) is 1.07. The summed E-state index contributed by atoms with van der Waals surface area (Å²) in [4.78, 5) is 28.9. The molecule has 1 spiro atoms. The van der Waals surface area contributed by atoms with Gasteiger partial charge in [0.1, 0.15) is 5.75 Å². The number of hydrogen-bond acceptors (Lipinski definition) is 3. The van der Waals surface area contributed by atoms with Gasteiger partial charge in [-0.3, -0.25) is 9.59 Å². The molecule has 1 saturated carbocycles. The van der Waals surface area contributed by atoms with Crippen molar-refractivity contribution in [2.45, 2.75) is 50.6 Å². The Bertz CT molecular complexity index is 658. The van der Waals surface area contributed by atoms with Crippen LogP contribution in [0.1, 0.15) is 44.1 Å². The lowest BCUT2D eigenvalue weighted by Crippen LogP contribution is -2.54. The molecule has 2 aliphatic heterocycles. The zero-order valence-electron chi connectivity index (χ0n) is 14.9. The maximum absolute atomic E-state index is 12.5. The van der Waals surface area contributed by atoms with Gasteiger partial charge in [-0.25, -0.2) is 0 Å². The van der Waals surface area contributed by atoms with Gasteiger partial charge in [-0.05, 0) is 49.8 Å². The Hall–Kier alpha value is -2.04. The normalized spacial score (nSPS) is 22.5. The van der Waals surface area contributed by atoms with Gasteiger partial charge in [0.25, 0.3) is 0 Å². The van der Waals surface area contributed by atoms with Crippen molar-refractivity contribution in [3.63, 3.8) is 0 Å². The van der Waals surface area contributed by atoms with Gasteiger partial charge in [-0.15, -0.1) is 0 Å². The number of ether oxygens (including phenoxy) is 1. The summed E-state index contributed by atoms with van der Waals surface area (Å²) in [6, 6.07) is 7.95. The van der Waals surface area contributed by atoms with Crippen molar-refractivity contribution in [1.29, 1.82) is 0 Å². The number of carbonyl (C=O) groups is 2. The summed E-state index contributed by atoms with van der Waals surface area (Å²) in [6.45, 7) is 2.24. The highest BCUT2D eigenvalue weighted by Gasteiger charge is 2.48. The first kappa shape index (κ1) is 16.4. The number of benzene rings is 1. The molecule has 1 aliphatic carbocycles. The number of methoxy groups -OCH3 is 1. The number of piperidine rings is 1. The third-order valence-electron chi connectivity index (χ3n) is 6.11. The van der Waals surface area contributed by atoms with E-state index in [1.165, 1.54) is 0 Å². The minimum absolute atomic E-state index is 0.0582. The molecule has 3 fully saturated rings. The van der Waals surface area contributed by atoms with Crippen LogP contribution in [0, 0.1) is 5.92 Å². The van der Waals surface area contributed by atoms with Crippen LogP contribution in [0.2, 0.25) is 0 Å². The zero-order chi connectivity index (χ0) is 17.4. The maximum Gasteiger partial charge on any atom is 0.225 e. The number of likely N-dealkylation sites (tertiary alicyclic amines) is 2. The Morgan fingerprint density at radius 2 is 1.84 bits per heavy atom. The average Bonchev–Trinajstić information content (AvgIpc) is 3.46. The first-order valence-corrected chi connectivity index (χ1v) is 9.33. The quantitative estimate of drug-likeness (QED) is 0.845. The third-order valence-corrected chi connectivity index (χ3v) is 6.11. The molecule has 2 amide bonds. The topological polar surface area (TPSA) is 49.9 Å². The van der Waals surface area contributed by atoms with E-state index in [9.17, 15) is 9.59 Å². The first-order chi connectivity index (χ1) is 12.1. The fourth-order valence-corrected chi connectivity index (χ4v) is 4.30. The lowest BCUT2D eigenvalue weighted by atomic mass is 9.84. The summed E-state index contributed by atoms with van der Waals surface area (Å²) in [5, 5.41) is 0. The molecule has 1 aromatic carbocycles. The molecule has 3 aliphatic rings. The molecule has 4 rings (SSSR count). The smallest absolute Gasteiger partial charge is 0.225 e. The standard InChI is InChI=1S/C20H26N2O3/c1-25-17-6-2-15(3-7-17)14-22-18(23)8-9-20(22)10-12-21(13-11-20)19(24)16-4-5-16/h2-3,6-7,16H,4-5,8-14H2,1H3. The van der Waals surface area contributed by atoms with E-state index in [1.54, 1.807) is 7.11 Å². The Kier molecular flexibility index (Phi) is 4.18. The van der Waals surface area contributed by atoms with Crippen LogP contribution < -0.4 is 4.74 Å². The fourth-order valence-electron chi connectivity index (χ4n) is 4.30. The molecular weight excluding hydrogens is 316 g/mol. The molecule has 0 radical (unpaired) electrons. The fraction of sp³-hybridized carbons (Fsp3) is 0.600. The van der Waals surface area contributed by atoms with E-state index >= 15 is 0 Å². The zero-order valence-corrected chi connectivity index (χ0v) is 14.9. The molecule has 134 valence electrons. The third kappa shape index (κ3) is 3.12. The van der Waals surface area contributed by atoms with Crippen molar-refractivity contribution in [3.8, 4) is 5.75 Å². The number of hydrogen-bond donors (Lipinski definition) is 0. The number of carbonyl (C=O) groups excluding carboxylic acids is 2. The van der Waals surface area contributed by atoms with E-state index in [0.717, 1.165) is 56.5 Å². The van der Waals surface area contributed by atoms with Gasteiger partial charge in [0, 0.05) is 37.5 Å². The predicted molar refractivity (Wildman–Crippen MR) is 94.0 cm³/mol. The summed E-state index contributed by atoms with van der Waals surface area (Å²) in [6.07, 6.45) is 5.49. The monoisotopic (exact) mass is 342 g/mol. The van der Waals surface area contributed by atoms with Crippen molar-refractivity contribution < 1.29 is 14.3 Å². The van der Waals surface area contributed by atoms with E-state index in [2.05, 4.69) is 4.90 Å². The number of nitrogens with zero attached hydrogens (tertiary/aromatic N) is 2. The second kappa shape index (κ2) is 6.36. The lowest BCUT2D eigenvalue weighted by molar-refractivity contribution is -0.137. The number of rotatable bonds is 4. The molecule has 0 unspecified atom stereocenters. The largest absolute Gasteiger partial charge is 0.497 e. The first-order valence-electron chi connectivity index (χ1n) is 9.33. The van der Waals surface area contributed by atoms with Gasteiger partial charge in [-0.1, -0.05) is 12.1 Å². The molecule has 2 saturated heterocycles. The maximum atomic E-state index is 12.5. The average molecular weight is 342 g/mol. The van der Waals surface area contributed by atoms with Crippen LogP contribution in [0.25, 0.3) is 0 Å². The van der Waals surface area contributed by atoms with Crippen LogP contribution in [0.4, 0.5) is 0 Å². The molecule has 0 N–H and O–H groups in total. The highest BCUT2D eigenvalue weighted by Crippen LogP contribution is 2.41. The van der Waals surface area contributed by atoms with Crippen LogP contribution in [0.15, 0.2) is 24.3 Å². The van der Waals surface area contributed by atoms with E-state index < -0.39 is 0 Å². The summed E-state index contributed by atoms with van der Waals surface area (Å²) >= 11 is 0. The Balaban J connectivity index is 1.45. The van der Waals surface area contributed by atoms with Crippen molar-refractivity contribution in [2.75, 3.05) is 20.2 Å². The summed E-state index contributed by atoms with van der Waals surface area (Å²) in [5.74, 6) is 1.70. The second-order valence-corrected chi connectivity index (χ2v) is 7.65. The van der Waals surface area contributed by atoms with E-state index in [1.807, 2.05) is 29.2 Å². The molecule has 25 heavy (non-hydrogen) atoms. The number of amides is 2. The SMILES string of the molecule is COc1ccc(CN2C(=O)CCC23CCN(C(=O)C2CC2)CC3)cc1. The minimum atomic E-state index is -0.0582. The van der Waals surface area contributed by atoms with Crippen LogP contribution in [0.5, 0.6) is 5.75 Å². The van der Waals surface area contributed by atoms with Crippen LogP contribution in [0.3, 0.4) is 0 Å². The molecule has 0 atom stereocenters. The minimum Gasteiger partial charge on any atom is -0.497 e. The van der Waals surface area contributed by atoms with E-state index in [0.29, 0.717) is 18.9 Å². The second-order valence-electron chi connectivity index (χ2n) is 7.65. The van der Waals surface area contributed by atoms with Crippen LogP contribution in [-0.4, -0.2) is 47.4 Å². The molecule has 5 heteroatoms. The highest BCUT2D eigenvalue weighted by atomic mass is 16.5. The van der Waals surface area contributed by atoms with Gasteiger partial charge >= 0.3 is 0 Å². The van der Waals surface area contributed by atoms with E-state index in [4.69, 9.17) is 4.74 Å². The summed E-state index contributed by atoms with van der Waals surface area (Å²) in [7, 11) is 1.66. The lowest BCUT2D eigenvalue weighted by Gasteiger charge is -2.45. The Labute approximate surface area is 148 Å². The van der Waals surface area contributed by atoms with Crippen molar-refractivity contribution in [1.82, 2.24) is 9.80 Å². The predicted octanol–water partition coefficient (Wildman–Crippen LogP) is 2.59. The van der Waals surface area contributed by atoms with Crippen molar-refractivity contribution in [2.24, 2.45) is 5.92 Å². The van der Waals surface area contributed by atoms with Gasteiger partial charge in [0.2, 0.25) is 11.8 Å². The molecule has 5 nitrogen and oxygen atoms in total. The molecule has 1 aromatic rings. The summed E-state index contributed by atoms with van der Waals surface area (Å²) < 4.78 is 5.21. The molecule has 0 bridgehead atoms. The van der Waals surface area contributed by atoms with Crippen LogP contribution in [-0.2, 0) is 16.1 Å². The van der Waals surface area contributed by atoms with Crippen molar-refractivity contribution in [3.05, 3.63) is 29.8 Å². The van der Waals surface area contributed by atoms with Gasteiger partial charge in [-0.2, -0.15) is 0 Å². The van der Waals surface area contributed by atoms with Gasteiger partial charge in [0.05, 0.1) is 7.11 Å². The Morgan fingerprint density at radius 1 is 1.16 bits per heavy atom. The molecular formula is C20H26N2O3. The van der Waals surface area contributed by atoms with Crippen molar-refractivity contribution >= 4 is 11.8 Å². The van der Waals surface area contributed by atoms with Gasteiger partial charge in [0.15, 0.2) is 0 Å². The molecule has 0 aromatic heterocycles. The molecule has 2 heterocycles. The highest BCUT2D eigenvalue weighted by molar-refractivity contribution is 5.82. The van der Waals surface area contributed by atoms with E-state index in [-0.39, 0.29) is 17.4 Å². The van der Waals surface area contributed by atoms with Crippen LogP contribution >= 0.6 is 0 Å². The van der Waals surface area contributed by atoms with Gasteiger partial charge < -0.3 is 14.5 Å². The Morgan fingerprint density at radius 3 is 2.44 bits per heavy atom.